The summed E-state index contributed by atoms with van der Waals surface area (Å²) in [7, 11) is 0. The van der Waals surface area contributed by atoms with E-state index in [0.717, 1.165) is 16.0 Å². The molecule has 202 valence electrons. The normalized spacial score (nSPS) is 12.8. The van der Waals surface area contributed by atoms with Crippen molar-refractivity contribution in [3.63, 3.8) is 0 Å². The molecule has 0 unspecified atom stereocenters. The summed E-state index contributed by atoms with van der Waals surface area (Å²) >= 11 is 0. The van der Waals surface area contributed by atoms with Crippen molar-refractivity contribution in [1.29, 1.82) is 0 Å². The second-order valence-electron chi connectivity index (χ2n) is 10.4. The monoisotopic (exact) mass is 536 g/mol. The van der Waals surface area contributed by atoms with Crippen LogP contribution in [0.15, 0.2) is 64.2 Å². The van der Waals surface area contributed by atoms with Gasteiger partial charge in [-0.05, 0) is 68.7 Å². The number of aromatic amines is 1. The molecule has 1 aliphatic rings. The second kappa shape index (κ2) is 10.00. The Hall–Kier alpha value is -4.92. The van der Waals surface area contributed by atoms with E-state index in [1.54, 1.807) is 69.3 Å². The van der Waals surface area contributed by atoms with Crippen LogP contribution in [0, 0.1) is 20.8 Å². The van der Waals surface area contributed by atoms with E-state index in [0.29, 0.717) is 16.8 Å². The van der Waals surface area contributed by atoms with E-state index in [9.17, 15) is 24.0 Å². The van der Waals surface area contributed by atoms with Gasteiger partial charge in [0.05, 0.1) is 17.7 Å². The van der Waals surface area contributed by atoms with Crippen LogP contribution in [0.1, 0.15) is 84.5 Å². The van der Waals surface area contributed by atoms with Crippen LogP contribution in [-0.2, 0) is 6.54 Å². The van der Waals surface area contributed by atoms with Gasteiger partial charge in [-0.15, -0.1) is 0 Å². The largest absolute Gasteiger partial charge is 0.329 e. The van der Waals surface area contributed by atoms with Gasteiger partial charge < -0.3 is 0 Å². The zero-order chi connectivity index (χ0) is 28.9. The summed E-state index contributed by atoms with van der Waals surface area (Å²) in [5, 5.41) is 0. The molecule has 0 fully saturated rings. The Bertz CT molecular complexity index is 1790. The lowest BCUT2D eigenvalue weighted by molar-refractivity contribution is 0.0924. The fraction of sp³-hybridized carbons (Fsp3) is 0.226. The molecule has 0 bridgehead atoms. The molecule has 0 aliphatic carbocycles. The van der Waals surface area contributed by atoms with E-state index < -0.39 is 28.8 Å². The number of pyridine rings is 1. The van der Waals surface area contributed by atoms with Crippen molar-refractivity contribution < 1.29 is 14.4 Å². The van der Waals surface area contributed by atoms with E-state index in [-0.39, 0.29) is 40.7 Å². The molecule has 2 aromatic heterocycles. The summed E-state index contributed by atoms with van der Waals surface area (Å²) in [4.78, 5) is 74.0. The third kappa shape index (κ3) is 4.59. The number of hydrogen-bond donors (Lipinski definition) is 1. The van der Waals surface area contributed by atoms with Gasteiger partial charge in [-0.2, -0.15) is 0 Å². The molecule has 0 spiro atoms. The molecule has 0 saturated carbocycles. The Morgan fingerprint density at radius 3 is 2.05 bits per heavy atom. The fourth-order valence-electron chi connectivity index (χ4n) is 5.27. The molecule has 0 saturated heterocycles. The number of imide groups is 1. The zero-order valence-electron chi connectivity index (χ0n) is 22.9. The van der Waals surface area contributed by atoms with Crippen LogP contribution >= 0.6 is 0 Å². The lowest BCUT2D eigenvalue weighted by Gasteiger charge is -2.19. The molecule has 40 heavy (non-hydrogen) atoms. The van der Waals surface area contributed by atoms with Crippen molar-refractivity contribution in [2.75, 3.05) is 4.90 Å². The van der Waals surface area contributed by atoms with Crippen LogP contribution in [-0.4, -0.2) is 32.1 Å². The molecule has 3 heterocycles. The van der Waals surface area contributed by atoms with Gasteiger partial charge in [0, 0.05) is 16.8 Å². The number of amides is 2. The first-order valence-electron chi connectivity index (χ1n) is 12.9. The van der Waals surface area contributed by atoms with Crippen LogP contribution < -0.4 is 16.1 Å². The van der Waals surface area contributed by atoms with Crippen LogP contribution in [0.25, 0.3) is 0 Å². The molecule has 2 aromatic carbocycles. The minimum atomic E-state index is -0.737. The zero-order valence-corrected chi connectivity index (χ0v) is 22.9. The molecule has 9 nitrogen and oxygen atoms in total. The summed E-state index contributed by atoms with van der Waals surface area (Å²) in [5.74, 6) is -1.65. The minimum Gasteiger partial charge on any atom is -0.287 e. The lowest BCUT2D eigenvalue weighted by Crippen LogP contribution is -2.38. The van der Waals surface area contributed by atoms with Crippen molar-refractivity contribution in [2.24, 2.45) is 0 Å². The highest BCUT2D eigenvalue weighted by Crippen LogP contribution is 2.28. The van der Waals surface area contributed by atoms with Crippen molar-refractivity contribution in [2.45, 2.75) is 47.1 Å². The maximum Gasteiger partial charge on any atom is 0.329 e. The number of benzene rings is 2. The number of hydrogen-bond acceptors (Lipinski definition) is 6. The van der Waals surface area contributed by atoms with E-state index >= 15 is 0 Å². The van der Waals surface area contributed by atoms with Crippen molar-refractivity contribution >= 4 is 23.4 Å². The van der Waals surface area contributed by atoms with Gasteiger partial charge >= 0.3 is 5.69 Å². The van der Waals surface area contributed by atoms with Gasteiger partial charge in [-0.3, -0.25) is 28.7 Å². The second-order valence-corrected chi connectivity index (χ2v) is 10.4. The maximum atomic E-state index is 13.9. The number of anilines is 1. The van der Waals surface area contributed by atoms with E-state index in [4.69, 9.17) is 0 Å². The number of nitrogens with one attached hydrogen (secondary N) is 1. The Morgan fingerprint density at radius 1 is 0.875 bits per heavy atom. The molecule has 9 heteroatoms. The highest BCUT2D eigenvalue weighted by atomic mass is 16.2. The summed E-state index contributed by atoms with van der Waals surface area (Å²) in [6.07, 6.45) is 0. The topological polar surface area (TPSA) is 122 Å². The number of carbonyl (C=O) groups excluding carboxylic acids is 3. The predicted molar refractivity (Wildman–Crippen MR) is 150 cm³/mol. The Morgan fingerprint density at radius 2 is 1.48 bits per heavy atom. The van der Waals surface area contributed by atoms with Crippen molar-refractivity contribution in [1.82, 2.24) is 14.5 Å². The van der Waals surface area contributed by atoms with Gasteiger partial charge in [-0.25, -0.2) is 14.7 Å². The van der Waals surface area contributed by atoms with E-state index in [2.05, 4.69) is 9.97 Å². The summed E-state index contributed by atoms with van der Waals surface area (Å²) in [6.45, 7) is 8.93. The summed E-state index contributed by atoms with van der Waals surface area (Å²) in [6, 6.07) is 15.2. The van der Waals surface area contributed by atoms with Crippen LogP contribution in [0.2, 0.25) is 0 Å². The Balaban J connectivity index is 1.64. The number of nitrogens with zero attached hydrogens (tertiary/aromatic N) is 3. The molecular formula is C31H28N4O5. The molecular weight excluding hydrogens is 508 g/mol. The van der Waals surface area contributed by atoms with Gasteiger partial charge in [0.15, 0.2) is 0 Å². The quantitative estimate of drug-likeness (QED) is 0.293. The third-order valence-corrected chi connectivity index (χ3v) is 6.88. The van der Waals surface area contributed by atoms with Crippen molar-refractivity contribution in [3.05, 3.63) is 126 Å². The van der Waals surface area contributed by atoms with Crippen LogP contribution in [0.3, 0.4) is 0 Å². The third-order valence-electron chi connectivity index (χ3n) is 6.88. The average molecular weight is 537 g/mol. The minimum absolute atomic E-state index is 0.00509. The highest BCUT2D eigenvalue weighted by Gasteiger charge is 2.37. The summed E-state index contributed by atoms with van der Waals surface area (Å²) in [5.41, 5.74) is 2.60. The molecule has 2 amide bonds. The molecule has 5 rings (SSSR count). The smallest absolute Gasteiger partial charge is 0.287 e. The highest BCUT2D eigenvalue weighted by molar-refractivity contribution is 6.34. The van der Waals surface area contributed by atoms with Gasteiger partial charge in [0.25, 0.3) is 17.4 Å². The number of rotatable bonds is 6. The average Bonchev–Trinajstić information content (AvgIpc) is 3.13. The SMILES string of the molecule is Cc1cc(C)cc(C(=O)c2c(C(C)C)c(=O)[nH]c(=O)n2Cc2cc(C)nc(N3C(=O)c4ccccc4C3=O)c2)c1. The number of ketones is 1. The number of aryl methyl sites for hydroxylation is 3. The van der Waals surface area contributed by atoms with E-state index in [1.807, 2.05) is 19.9 Å². The van der Waals surface area contributed by atoms with Crippen LogP contribution in [0.5, 0.6) is 0 Å². The Labute approximate surface area is 230 Å². The number of H-pyrrole nitrogens is 1. The molecule has 0 atom stereocenters. The number of fused-ring (bicyclic) bond motifs is 1. The summed E-state index contributed by atoms with van der Waals surface area (Å²) < 4.78 is 1.25. The van der Waals surface area contributed by atoms with Gasteiger partial charge in [-0.1, -0.05) is 43.2 Å². The maximum absolute atomic E-state index is 13.9. The van der Waals surface area contributed by atoms with Crippen LogP contribution in [0.4, 0.5) is 5.82 Å². The van der Waals surface area contributed by atoms with Gasteiger partial charge in [0.2, 0.25) is 5.78 Å². The predicted octanol–water partition coefficient (Wildman–Crippen LogP) is 4.06. The molecule has 0 radical (unpaired) electrons. The Kier molecular flexibility index (Phi) is 6.67. The first-order chi connectivity index (χ1) is 19.0. The van der Waals surface area contributed by atoms with E-state index in [1.165, 1.54) is 4.57 Å². The number of carbonyl (C=O) groups is 3. The lowest BCUT2D eigenvalue weighted by atomic mass is 9.95. The molecule has 1 N–H and O–H groups in total. The van der Waals surface area contributed by atoms with Crippen molar-refractivity contribution in [3.8, 4) is 0 Å². The number of aromatic nitrogens is 3. The first kappa shape index (κ1) is 26.7. The standard InChI is InChI=1S/C31H28N4O5/c1-16(2)25-26(27(36)21-11-17(3)10-18(4)12-21)34(31(40)33-28(25)37)15-20-13-19(5)32-24(14-20)35-29(38)22-8-6-7-9-23(22)30(35)39/h6-14,16H,15H2,1-5H3,(H,33,37,40). The molecule has 1 aliphatic heterocycles. The fourth-order valence-corrected chi connectivity index (χ4v) is 5.27. The molecule has 4 aromatic rings. The first-order valence-corrected chi connectivity index (χ1v) is 12.9. The van der Waals surface area contributed by atoms with Gasteiger partial charge in [0.1, 0.15) is 11.5 Å².